The van der Waals surface area contributed by atoms with E-state index in [0.29, 0.717) is 35.6 Å². The monoisotopic (exact) mass is 623 g/mol. The maximum atomic E-state index is 12.2. The van der Waals surface area contributed by atoms with Crippen molar-refractivity contribution in [1.29, 1.82) is 0 Å². The van der Waals surface area contributed by atoms with Crippen LogP contribution in [0.2, 0.25) is 0 Å². The number of hydrogen-bond donors (Lipinski definition) is 5. The molecule has 0 aliphatic carbocycles. The Kier molecular flexibility index (Phi) is 13.0. The van der Waals surface area contributed by atoms with E-state index >= 15 is 0 Å². The average Bonchev–Trinajstić information content (AvgIpc) is 3.32. The van der Waals surface area contributed by atoms with E-state index in [-0.39, 0.29) is 25.3 Å². The fraction of sp³-hybridized carbons (Fsp3) is 0.310. The zero-order chi connectivity index (χ0) is 32.8. The van der Waals surface area contributed by atoms with Crippen LogP contribution >= 0.6 is 0 Å². The van der Waals surface area contributed by atoms with Gasteiger partial charge in [0.1, 0.15) is 12.6 Å². The molecule has 16 heteroatoms. The van der Waals surface area contributed by atoms with Gasteiger partial charge in [0.15, 0.2) is 0 Å². The molecule has 45 heavy (non-hydrogen) atoms. The molecule has 0 fully saturated rings. The number of anilines is 2. The lowest BCUT2D eigenvalue weighted by Crippen LogP contribution is -2.37. The molecular weight excluding hydrogens is 590 g/mol. The van der Waals surface area contributed by atoms with Gasteiger partial charge in [0.05, 0.1) is 31.1 Å². The number of imide groups is 1. The molecule has 0 radical (unpaired) electrons. The summed E-state index contributed by atoms with van der Waals surface area (Å²) in [4.78, 5) is 81.0. The topological polar surface area (TPSA) is 231 Å². The van der Waals surface area contributed by atoms with E-state index in [9.17, 15) is 28.8 Å². The Labute approximate surface area is 257 Å². The molecule has 0 saturated carbocycles. The highest BCUT2D eigenvalue weighted by atomic mass is 17.2. The Morgan fingerprint density at radius 3 is 1.91 bits per heavy atom. The van der Waals surface area contributed by atoms with Crippen LogP contribution in [-0.4, -0.2) is 77.9 Å². The number of nitrogens with one attached hydrogen (secondary N) is 3. The van der Waals surface area contributed by atoms with E-state index in [0.717, 1.165) is 17.1 Å². The second-order valence-electron chi connectivity index (χ2n) is 9.72. The molecule has 5 amide bonds. The molecule has 0 bridgehead atoms. The number of nitrogens with two attached hydrogens (primary N) is 1. The minimum Gasteiger partial charge on any atom is -0.480 e. The molecule has 2 aromatic rings. The standard InChI is InChI=1S/C29H33N7O9/c1-44-45-22(15-23(30)29(42)43)3-2-4-24(37)31-16-25(38)32-18-5-9-20(10-6-18)34-35-21-11-7-19(8-12-21)33-26(39)17-36-27(40)13-14-28(36)41/h5-14,22-23H,2-4,15-17,30H2,1H3,(H,31,37)(H,32,38)(H,33,39)(H,42,43)/b35-34+/t22-,23+/m1/s1. The molecule has 16 nitrogen and oxygen atoms in total. The van der Waals surface area contributed by atoms with E-state index in [1.807, 2.05) is 0 Å². The number of rotatable bonds is 17. The number of carboxylic acid groups (broad SMARTS) is 1. The number of nitrogens with zero attached hydrogens (tertiary/aromatic N) is 3. The largest absolute Gasteiger partial charge is 0.480 e. The van der Waals surface area contributed by atoms with E-state index in [2.05, 4.69) is 31.1 Å². The van der Waals surface area contributed by atoms with Crippen molar-refractivity contribution in [3.05, 3.63) is 60.7 Å². The summed E-state index contributed by atoms with van der Waals surface area (Å²) < 4.78 is 0. The third-order valence-electron chi connectivity index (χ3n) is 6.23. The van der Waals surface area contributed by atoms with Gasteiger partial charge in [-0.25, -0.2) is 9.78 Å². The van der Waals surface area contributed by atoms with Crippen LogP contribution in [0.1, 0.15) is 25.7 Å². The Morgan fingerprint density at radius 2 is 1.40 bits per heavy atom. The van der Waals surface area contributed by atoms with Crippen LogP contribution < -0.4 is 21.7 Å². The van der Waals surface area contributed by atoms with Gasteiger partial charge in [-0.2, -0.15) is 10.2 Å². The van der Waals surface area contributed by atoms with Gasteiger partial charge in [-0.05, 0) is 61.4 Å². The summed E-state index contributed by atoms with van der Waals surface area (Å²) in [5.41, 5.74) is 7.46. The summed E-state index contributed by atoms with van der Waals surface area (Å²) in [6.07, 6.45) is 2.45. The predicted octanol–water partition coefficient (Wildman–Crippen LogP) is 1.94. The Morgan fingerprint density at radius 1 is 0.867 bits per heavy atom. The summed E-state index contributed by atoms with van der Waals surface area (Å²) in [6, 6.07) is 11.8. The highest BCUT2D eigenvalue weighted by molar-refractivity contribution is 6.15. The second kappa shape index (κ2) is 17.1. The Hall–Kier alpha value is -5.32. The Balaban J connectivity index is 1.37. The van der Waals surface area contributed by atoms with Crippen LogP contribution in [0.15, 0.2) is 70.9 Å². The molecular formula is C29H33N7O9. The predicted molar refractivity (Wildman–Crippen MR) is 159 cm³/mol. The lowest BCUT2D eigenvalue weighted by atomic mass is 10.0. The summed E-state index contributed by atoms with van der Waals surface area (Å²) in [5, 5.41) is 25.0. The summed E-state index contributed by atoms with van der Waals surface area (Å²) in [5.74, 6) is -3.56. The zero-order valence-electron chi connectivity index (χ0n) is 24.3. The van der Waals surface area contributed by atoms with Crippen molar-refractivity contribution in [3.63, 3.8) is 0 Å². The van der Waals surface area contributed by atoms with Gasteiger partial charge in [0.25, 0.3) is 11.8 Å². The van der Waals surface area contributed by atoms with Crippen molar-refractivity contribution in [2.24, 2.45) is 16.0 Å². The molecule has 0 saturated heterocycles. The molecule has 0 aromatic heterocycles. The number of hydrogen-bond acceptors (Lipinski definition) is 11. The first-order chi connectivity index (χ1) is 21.5. The van der Waals surface area contributed by atoms with E-state index in [4.69, 9.17) is 15.7 Å². The van der Waals surface area contributed by atoms with Gasteiger partial charge in [-0.3, -0.25) is 33.7 Å². The number of benzene rings is 2. The van der Waals surface area contributed by atoms with Gasteiger partial charge < -0.3 is 26.8 Å². The minimum absolute atomic E-state index is 0.0238. The maximum absolute atomic E-state index is 12.2. The SMILES string of the molecule is COO[C@H](CCCC(=O)NCC(=O)Nc1ccc(/N=N/c2ccc(NC(=O)CN3C(=O)C=CC3=O)cc2)cc1)C[C@H](N)C(=O)O. The van der Waals surface area contributed by atoms with Crippen molar-refractivity contribution in [3.8, 4) is 0 Å². The normalized spacial score (nSPS) is 14.0. The first kappa shape index (κ1) is 34.2. The number of carboxylic acids is 1. The maximum Gasteiger partial charge on any atom is 0.320 e. The van der Waals surface area contributed by atoms with Crippen molar-refractivity contribution in [1.82, 2.24) is 10.2 Å². The molecule has 1 aliphatic rings. The number of azo groups is 1. The van der Waals surface area contributed by atoms with Crippen LogP contribution in [0.5, 0.6) is 0 Å². The van der Waals surface area contributed by atoms with Gasteiger partial charge in [-0.15, -0.1) is 0 Å². The van der Waals surface area contributed by atoms with Crippen LogP contribution in [-0.2, 0) is 38.5 Å². The lowest BCUT2D eigenvalue weighted by Gasteiger charge is -2.17. The number of carbonyl (C=O) groups excluding carboxylic acids is 5. The van der Waals surface area contributed by atoms with Crippen molar-refractivity contribution >= 4 is 58.3 Å². The smallest absolute Gasteiger partial charge is 0.320 e. The third kappa shape index (κ3) is 11.7. The summed E-state index contributed by atoms with van der Waals surface area (Å²) in [6.45, 7) is -0.636. The van der Waals surface area contributed by atoms with E-state index in [1.165, 1.54) is 7.11 Å². The fourth-order valence-electron chi connectivity index (χ4n) is 3.96. The first-order valence-electron chi connectivity index (χ1n) is 13.7. The number of aliphatic carboxylic acids is 1. The molecule has 0 spiro atoms. The quantitative estimate of drug-likeness (QED) is 0.0744. The Bertz CT molecular complexity index is 1430. The third-order valence-corrected chi connectivity index (χ3v) is 6.23. The average molecular weight is 624 g/mol. The molecule has 0 unspecified atom stereocenters. The lowest BCUT2D eigenvalue weighted by molar-refractivity contribution is -0.307. The van der Waals surface area contributed by atoms with Crippen molar-refractivity contribution in [2.45, 2.75) is 37.8 Å². The molecule has 1 aliphatic heterocycles. The molecule has 238 valence electrons. The van der Waals surface area contributed by atoms with Crippen molar-refractivity contribution < 1.29 is 43.6 Å². The van der Waals surface area contributed by atoms with Gasteiger partial charge >= 0.3 is 5.97 Å². The van der Waals surface area contributed by atoms with Crippen LogP contribution in [0.3, 0.4) is 0 Å². The minimum atomic E-state index is -1.16. The molecule has 2 aromatic carbocycles. The van der Waals surface area contributed by atoms with E-state index < -0.39 is 48.3 Å². The van der Waals surface area contributed by atoms with Gasteiger partial charge in [-0.1, -0.05) is 0 Å². The highest BCUT2D eigenvalue weighted by Gasteiger charge is 2.25. The molecule has 2 atom stereocenters. The summed E-state index contributed by atoms with van der Waals surface area (Å²) >= 11 is 0. The van der Waals surface area contributed by atoms with Gasteiger partial charge in [0.2, 0.25) is 17.7 Å². The van der Waals surface area contributed by atoms with Gasteiger partial charge in [0, 0.05) is 36.4 Å². The van der Waals surface area contributed by atoms with E-state index in [1.54, 1.807) is 48.5 Å². The fourth-order valence-corrected chi connectivity index (χ4v) is 3.96. The van der Waals surface area contributed by atoms with Crippen LogP contribution in [0.4, 0.5) is 22.7 Å². The first-order valence-corrected chi connectivity index (χ1v) is 13.7. The number of carbonyl (C=O) groups is 6. The molecule has 3 rings (SSSR count). The van der Waals surface area contributed by atoms with Crippen LogP contribution in [0, 0.1) is 0 Å². The molecule has 6 N–H and O–H groups in total. The van der Waals surface area contributed by atoms with Crippen molar-refractivity contribution in [2.75, 3.05) is 30.8 Å². The second-order valence-corrected chi connectivity index (χ2v) is 9.72. The van der Waals surface area contributed by atoms with Crippen LogP contribution in [0.25, 0.3) is 0 Å². The number of amides is 5. The highest BCUT2D eigenvalue weighted by Crippen LogP contribution is 2.22. The zero-order valence-corrected chi connectivity index (χ0v) is 24.3. The molecule has 1 heterocycles. The summed E-state index contributed by atoms with van der Waals surface area (Å²) in [7, 11) is 1.29.